The van der Waals surface area contributed by atoms with Gasteiger partial charge in [-0.15, -0.1) is 5.10 Å². The molecule has 2 aromatic heterocycles. The summed E-state index contributed by atoms with van der Waals surface area (Å²) in [5, 5.41) is 17.5. The van der Waals surface area contributed by atoms with Crippen LogP contribution in [0.4, 0.5) is 11.8 Å². The second-order valence-corrected chi connectivity index (χ2v) is 7.24. The van der Waals surface area contributed by atoms with Crippen molar-refractivity contribution in [1.29, 1.82) is 0 Å². The lowest BCUT2D eigenvalue weighted by molar-refractivity contribution is -0.131. The molecule has 1 aromatic carbocycles. The van der Waals surface area contributed by atoms with Crippen LogP contribution >= 0.6 is 0 Å². The fourth-order valence-corrected chi connectivity index (χ4v) is 3.45. The molecule has 0 atom stereocenters. The molecule has 0 unspecified atom stereocenters. The zero-order chi connectivity index (χ0) is 20.2. The monoisotopic (exact) mass is 396 g/mol. The van der Waals surface area contributed by atoms with E-state index in [-0.39, 0.29) is 12.0 Å². The van der Waals surface area contributed by atoms with Crippen LogP contribution in [-0.2, 0) is 11.3 Å². The Morgan fingerprint density at radius 3 is 2.86 bits per heavy atom. The molecule has 0 bridgehead atoms. The molecule has 1 aliphatic rings. The van der Waals surface area contributed by atoms with Gasteiger partial charge in [0.1, 0.15) is 5.75 Å². The molecule has 29 heavy (non-hydrogen) atoms. The van der Waals surface area contributed by atoms with E-state index in [9.17, 15) is 4.79 Å². The Labute approximate surface area is 167 Å². The molecule has 0 spiro atoms. The van der Waals surface area contributed by atoms with Gasteiger partial charge in [0.15, 0.2) is 11.3 Å². The van der Waals surface area contributed by atoms with Crippen LogP contribution in [0.3, 0.4) is 0 Å². The first kappa shape index (κ1) is 19.1. The Hall–Kier alpha value is -3.27. The first-order valence-electron chi connectivity index (χ1n) is 9.68. The van der Waals surface area contributed by atoms with E-state index in [0.717, 1.165) is 31.2 Å². The number of hydrogen-bond acceptors (Lipinski definition) is 9. The summed E-state index contributed by atoms with van der Waals surface area (Å²) in [6, 6.07) is 7.90. The van der Waals surface area contributed by atoms with Crippen molar-refractivity contribution in [3.8, 4) is 5.75 Å². The van der Waals surface area contributed by atoms with Crippen molar-refractivity contribution in [3.05, 3.63) is 29.8 Å². The Bertz CT molecular complexity index is 997. The van der Waals surface area contributed by atoms with E-state index in [0.29, 0.717) is 41.3 Å². The predicted molar refractivity (Wildman–Crippen MR) is 108 cm³/mol. The number of nitrogens with one attached hydrogen (secondary N) is 3. The number of hydrogen-bond donors (Lipinski definition) is 4. The summed E-state index contributed by atoms with van der Waals surface area (Å²) in [6.07, 6.45) is 3.97. The van der Waals surface area contributed by atoms with Crippen LogP contribution in [0.2, 0.25) is 0 Å². The molecule has 10 heteroatoms. The van der Waals surface area contributed by atoms with Crippen molar-refractivity contribution in [2.75, 3.05) is 10.6 Å². The summed E-state index contributed by atoms with van der Waals surface area (Å²) in [6.45, 7) is 1.85. The molecule has 1 fully saturated rings. The van der Waals surface area contributed by atoms with Crippen molar-refractivity contribution < 1.29 is 9.53 Å². The number of anilines is 2. The van der Waals surface area contributed by atoms with Gasteiger partial charge in [-0.2, -0.15) is 20.3 Å². The number of aromatic amines is 1. The number of nitrogens with zero attached hydrogens (tertiary/aromatic N) is 4. The van der Waals surface area contributed by atoms with Crippen molar-refractivity contribution in [3.63, 3.8) is 0 Å². The van der Waals surface area contributed by atoms with Crippen LogP contribution in [0.25, 0.3) is 11.2 Å². The highest BCUT2D eigenvalue weighted by Crippen LogP contribution is 2.23. The van der Waals surface area contributed by atoms with Crippen molar-refractivity contribution in [2.45, 2.75) is 51.2 Å². The minimum Gasteiger partial charge on any atom is -0.427 e. The third kappa shape index (κ3) is 4.77. The first-order valence-corrected chi connectivity index (χ1v) is 9.68. The highest BCUT2D eigenvalue weighted by molar-refractivity contribution is 5.83. The minimum absolute atomic E-state index is 0.284. The van der Waals surface area contributed by atoms with Gasteiger partial charge in [-0.05, 0) is 43.4 Å². The normalized spacial score (nSPS) is 19.1. The van der Waals surface area contributed by atoms with Gasteiger partial charge < -0.3 is 21.1 Å². The molecule has 5 N–H and O–H groups in total. The SMILES string of the molecule is CC(=O)Oc1cccc(CNc2nc(NC3CCC(N)CC3)nc3n[nH]nc23)c1. The standard InChI is InChI=1S/C19H24N8O2/c1-11(28)29-15-4-2-3-12(9-15)10-21-17-16-18(26-27-25-16)24-19(23-17)22-14-7-5-13(20)6-8-14/h2-4,9,13-14H,5-8,10,20H2,1H3,(H3,21,22,23,24,25,26,27). The fraction of sp³-hybridized carbons (Fsp3) is 0.421. The maximum atomic E-state index is 11.2. The van der Waals surface area contributed by atoms with E-state index < -0.39 is 0 Å². The third-order valence-electron chi connectivity index (χ3n) is 4.91. The fourth-order valence-electron chi connectivity index (χ4n) is 3.45. The number of rotatable bonds is 6. The van der Waals surface area contributed by atoms with Gasteiger partial charge in [-0.1, -0.05) is 12.1 Å². The molecular weight excluding hydrogens is 372 g/mol. The van der Waals surface area contributed by atoms with Gasteiger partial charge >= 0.3 is 5.97 Å². The predicted octanol–water partition coefficient (Wildman–Crippen LogP) is 1.97. The van der Waals surface area contributed by atoms with Gasteiger partial charge in [0.05, 0.1) is 0 Å². The molecule has 1 saturated carbocycles. The number of H-pyrrole nitrogens is 1. The number of fused-ring (bicyclic) bond motifs is 1. The number of aromatic nitrogens is 5. The molecule has 3 aromatic rings. The summed E-state index contributed by atoms with van der Waals surface area (Å²) >= 11 is 0. The second-order valence-electron chi connectivity index (χ2n) is 7.24. The lowest BCUT2D eigenvalue weighted by atomic mass is 9.92. The van der Waals surface area contributed by atoms with E-state index >= 15 is 0 Å². The molecule has 152 valence electrons. The second kappa shape index (κ2) is 8.39. The average molecular weight is 396 g/mol. The summed E-state index contributed by atoms with van der Waals surface area (Å²) in [5.74, 6) is 1.25. The van der Waals surface area contributed by atoms with Crippen LogP contribution in [0.15, 0.2) is 24.3 Å². The maximum Gasteiger partial charge on any atom is 0.308 e. The Morgan fingerprint density at radius 2 is 2.07 bits per heavy atom. The van der Waals surface area contributed by atoms with Crippen molar-refractivity contribution in [2.24, 2.45) is 5.73 Å². The largest absolute Gasteiger partial charge is 0.427 e. The summed E-state index contributed by atoms with van der Waals surface area (Å²) in [7, 11) is 0. The summed E-state index contributed by atoms with van der Waals surface area (Å²) in [4.78, 5) is 20.2. The van der Waals surface area contributed by atoms with E-state index in [2.05, 4.69) is 36.0 Å². The number of carbonyl (C=O) groups is 1. The lowest BCUT2D eigenvalue weighted by Crippen LogP contribution is -2.33. The highest BCUT2D eigenvalue weighted by atomic mass is 16.5. The van der Waals surface area contributed by atoms with E-state index in [4.69, 9.17) is 10.5 Å². The molecule has 0 aliphatic heterocycles. The molecule has 0 saturated heterocycles. The van der Waals surface area contributed by atoms with Crippen LogP contribution in [0.5, 0.6) is 5.75 Å². The Balaban J connectivity index is 1.49. The molecule has 2 heterocycles. The van der Waals surface area contributed by atoms with Crippen LogP contribution in [-0.4, -0.2) is 43.4 Å². The summed E-state index contributed by atoms with van der Waals surface area (Å²) in [5.41, 5.74) is 7.99. The molecule has 10 nitrogen and oxygen atoms in total. The zero-order valence-corrected chi connectivity index (χ0v) is 16.2. The van der Waals surface area contributed by atoms with Crippen molar-refractivity contribution >= 4 is 28.9 Å². The smallest absolute Gasteiger partial charge is 0.308 e. The van der Waals surface area contributed by atoms with Crippen LogP contribution in [0, 0.1) is 0 Å². The molecular formula is C19H24N8O2. The van der Waals surface area contributed by atoms with Crippen LogP contribution in [0.1, 0.15) is 38.2 Å². The molecule has 1 aliphatic carbocycles. The van der Waals surface area contributed by atoms with Gasteiger partial charge in [0.2, 0.25) is 11.6 Å². The van der Waals surface area contributed by atoms with E-state index in [1.165, 1.54) is 6.92 Å². The van der Waals surface area contributed by atoms with Gasteiger partial charge in [0.25, 0.3) is 0 Å². The highest BCUT2D eigenvalue weighted by Gasteiger charge is 2.20. The van der Waals surface area contributed by atoms with Crippen molar-refractivity contribution in [1.82, 2.24) is 25.4 Å². The molecule has 0 amide bonds. The lowest BCUT2D eigenvalue weighted by Gasteiger charge is -2.26. The summed E-state index contributed by atoms with van der Waals surface area (Å²) < 4.78 is 5.14. The van der Waals surface area contributed by atoms with E-state index in [1.807, 2.05) is 12.1 Å². The number of benzene rings is 1. The number of nitrogens with two attached hydrogens (primary N) is 1. The van der Waals surface area contributed by atoms with Gasteiger partial charge in [-0.3, -0.25) is 4.79 Å². The minimum atomic E-state index is -0.352. The quantitative estimate of drug-likeness (QED) is 0.363. The van der Waals surface area contributed by atoms with Crippen LogP contribution < -0.4 is 21.1 Å². The Kier molecular flexibility index (Phi) is 5.52. The number of esters is 1. The first-order chi connectivity index (χ1) is 14.1. The third-order valence-corrected chi connectivity index (χ3v) is 4.91. The zero-order valence-electron chi connectivity index (χ0n) is 16.2. The van der Waals surface area contributed by atoms with Gasteiger partial charge in [0, 0.05) is 25.6 Å². The molecule has 4 rings (SSSR count). The van der Waals surface area contributed by atoms with Gasteiger partial charge in [-0.25, -0.2) is 0 Å². The number of carbonyl (C=O) groups excluding carboxylic acids is 1. The number of ether oxygens (including phenoxy) is 1. The maximum absolute atomic E-state index is 11.2. The average Bonchev–Trinajstić information content (AvgIpc) is 3.16. The van der Waals surface area contributed by atoms with E-state index in [1.54, 1.807) is 12.1 Å². The molecule has 0 radical (unpaired) electrons. The Morgan fingerprint density at radius 1 is 1.24 bits per heavy atom. The topological polar surface area (TPSA) is 144 Å².